The van der Waals surface area contributed by atoms with Gasteiger partial charge in [0.2, 0.25) is 0 Å². The van der Waals surface area contributed by atoms with Crippen LogP contribution in [0.25, 0.3) is 0 Å². The van der Waals surface area contributed by atoms with Gasteiger partial charge in [-0.2, -0.15) is 0 Å². The van der Waals surface area contributed by atoms with E-state index in [1.807, 2.05) is 12.1 Å². The number of halogens is 1. The molecule has 1 aromatic carbocycles. The number of hydrogen-bond donors (Lipinski definition) is 2. The molecule has 0 heterocycles. The van der Waals surface area contributed by atoms with Gasteiger partial charge in [-0.15, -0.1) is 24.0 Å². The molecule has 120 valence electrons. The Morgan fingerprint density at radius 2 is 1.95 bits per heavy atom. The van der Waals surface area contributed by atoms with Crippen LogP contribution in [0, 0.1) is 0 Å². The van der Waals surface area contributed by atoms with E-state index in [1.165, 1.54) is 24.8 Å². The number of ether oxygens (including phenoxy) is 1. The molecule has 1 rings (SSSR count). The van der Waals surface area contributed by atoms with Crippen molar-refractivity contribution in [2.45, 2.75) is 32.6 Å². The lowest BCUT2D eigenvalue weighted by atomic mass is 10.1. The minimum absolute atomic E-state index is 0. The standard InChI is InChI=1S/C16H27N3O.HI/c1-4-5-6-11-18-16(17-2)19-12-10-14-8-7-9-15(13-14)20-3;/h7-9,13H,4-6,10-12H2,1-3H3,(H2,17,18,19);1H. The molecule has 0 atom stereocenters. The fourth-order valence-electron chi connectivity index (χ4n) is 1.96. The molecule has 0 fully saturated rings. The molecule has 0 bridgehead atoms. The molecule has 0 saturated carbocycles. The highest BCUT2D eigenvalue weighted by atomic mass is 127. The summed E-state index contributed by atoms with van der Waals surface area (Å²) in [4.78, 5) is 4.22. The van der Waals surface area contributed by atoms with Gasteiger partial charge in [-0.1, -0.05) is 31.9 Å². The summed E-state index contributed by atoms with van der Waals surface area (Å²) in [6, 6.07) is 8.16. The van der Waals surface area contributed by atoms with Crippen molar-refractivity contribution >= 4 is 29.9 Å². The molecule has 0 amide bonds. The SMILES string of the molecule is CCCCCNC(=NC)NCCc1cccc(OC)c1.I. The Morgan fingerprint density at radius 3 is 2.62 bits per heavy atom. The van der Waals surface area contributed by atoms with E-state index in [2.05, 4.69) is 34.7 Å². The summed E-state index contributed by atoms with van der Waals surface area (Å²) in [6.07, 6.45) is 4.64. The molecule has 0 aliphatic carbocycles. The van der Waals surface area contributed by atoms with Crippen LogP contribution in [0.2, 0.25) is 0 Å². The van der Waals surface area contributed by atoms with Crippen molar-refractivity contribution < 1.29 is 4.74 Å². The van der Waals surface area contributed by atoms with Gasteiger partial charge in [0, 0.05) is 20.1 Å². The summed E-state index contributed by atoms with van der Waals surface area (Å²) < 4.78 is 5.22. The third kappa shape index (κ3) is 8.80. The molecular weight excluding hydrogens is 377 g/mol. The van der Waals surface area contributed by atoms with Crippen LogP contribution in [-0.4, -0.2) is 33.2 Å². The maximum absolute atomic E-state index is 5.22. The predicted octanol–water partition coefficient (Wildman–Crippen LogP) is 3.21. The molecular formula is C16H28IN3O. The van der Waals surface area contributed by atoms with E-state index in [0.29, 0.717) is 0 Å². The first kappa shape index (κ1) is 20.0. The van der Waals surface area contributed by atoms with Crippen LogP contribution in [0.15, 0.2) is 29.3 Å². The minimum Gasteiger partial charge on any atom is -0.497 e. The first-order valence-electron chi connectivity index (χ1n) is 7.37. The molecule has 5 heteroatoms. The molecule has 0 aliphatic rings. The zero-order valence-electron chi connectivity index (χ0n) is 13.3. The van der Waals surface area contributed by atoms with Gasteiger partial charge in [0.05, 0.1) is 7.11 Å². The Morgan fingerprint density at radius 1 is 1.19 bits per heavy atom. The molecule has 0 saturated heterocycles. The van der Waals surface area contributed by atoms with E-state index in [0.717, 1.165) is 31.2 Å². The third-order valence-corrected chi connectivity index (χ3v) is 3.14. The van der Waals surface area contributed by atoms with E-state index in [1.54, 1.807) is 14.2 Å². The zero-order valence-corrected chi connectivity index (χ0v) is 15.6. The highest BCUT2D eigenvalue weighted by Gasteiger charge is 1.99. The number of aliphatic imine (C=N–C) groups is 1. The van der Waals surface area contributed by atoms with Crippen LogP contribution in [0.1, 0.15) is 31.7 Å². The van der Waals surface area contributed by atoms with Crippen LogP contribution in [0.5, 0.6) is 5.75 Å². The van der Waals surface area contributed by atoms with Gasteiger partial charge in [-0.3, -0.25) is 4.99 Å². The highest BCUT2D eigenvalue weighted by Crippen LogP contribution is 2.12. The van der Waals surface area contributed by atoms with Crippen molar-refractivity contribution in [1.29, 1.82) is 0 Å². The van der Waals surface area contributed by atoms with Gasteiger partial charge in [-0.25, -0.2) is 0 Å². The smallest absolute Gasteiger partial charge is 0.190 e. The average Bonchev–Trinajstić information content (AvgIpc) is 2.50. The first-order valence-corrected chi connectivity index (χ1v) is 7.37. The zero-order chi connectivity index (χ0) is 14.6. The lowest BCUT2D eigenvalue weighted by molar-refractivity contribution is 0.414. The predicted molar refractivity (Wildman–Crippen MR) is 101 cm³/mol. The second-order valence-electron chi connectivity index (χ2n) is 4.73. The monoisotopic (exact) mass is 405 g/mol. The summed E-state index contributed by atoms with van der Waals surface area (Å²) in [6.45, 7) is 4.05. The summed E-state index contributed by atoms with van der Waals surface area (Å²) >= 11 is 0. The Bertz CT molecular complexity index is 410. The molecule has 0 aliphatic heterocycles. The molecule has 1 aromatic rings. The fourth-order valence-corrected chi connectivity index (χ4v) is 1.96. The van der Waals surface area contributed by atoms with Crippen molar-refractivity contribution in [3.8, 4) is 5.75 Å². The Labute approximate surface area is 145 Å². The van der Waals surface area contributed by atoms with E-state index >= 15 is 0 Å². The summed E-state index contributed by atoms with van der Waals surface area (Å²) in [7, 11) is 3.50. The largest absolute Gasteiger partial charge is 0.497 e. The highest BCUT2D eigenvalue weighted by molar-refractivity contribution is 14.0. The van der Waals surface area contributed by atoms with Crippen LogP contribution in [-0.2, 0) is 6.42 Å². The Hall–Kier alpha value is -0.980. The van der Waals surface area contributed by atoms with Crippen molar-refractivity contribution in [2.75, 3.05) is 27.2 Å². The van der Waals surface area contributed by atoms with Gasteiger partial charge >= 0.3 is 0 Å². The normalized spacial score (nSPS) is 10.7. The second-order valence-corrected chi connectivity index (χ2v) is 4.73. The van der Waals surface area contributed by atoms with Crippen LogP contribution in [0.4, 0.5) is 0 Å². The maximum Gasteiger partial charge on any atom is 0.190 e. The lowest BCUT2D eigenvalue weighted by Gasteiger charge is -2.12. The summed E-state index contributed by atoms with van der Waals surface area (Å²) in [5, 5.41) is 6.66. The molecule has 0 radical (unpaired) electrons. The number of guanidine groups is 1. The van der Waals surface area contributed by atoms with Gasteiger partial charge in [-0.05, 0) is 30.5 Å². The number of nitrogens with one attached hydrogen (secondary N) is 2. The van der Waals surface area contributed by atoms with Gasteiger partial charge in [0.25, 0.3) is 0 Å². The summed E-state index contributed by atoms with van der Waals surface area (Å²) in [5.74, 6) is 1.79. The summed E-state index contributed by atoms with van der Waals surface area (Å²) in [5.41, 5.74) is 1.26. The van der Waals surface area contributed by atoms with E-state index in [4.69, 9.17) is 4.74 Å². The van der Waals surface area contributed by atoms with E-state index < -0.39 is 0 Å². The third-order valence-electron chi connectivity index (χ3n) is 3.14. The molecule has 0 aromatic heterocycles. The number of benzene rings is 1. The number of unbranched alkanes of at least 4 members (excludes halogenated alkanes) is 2. The van der Waals surface area contributed by atoms with Crippen LogP contribution in [0.3, 0.4) is 0 Å². The molecule has 0 unspecified atom stereocenters. The number of rotatable bonds is 8. The molecule has 0 spiro atoms. The Balaban J connectivity index is 0.00000400. The maximum atomic E-state index is 5.22. The van der Waals surface area contributed by atoms with E-state index in [-0.39, 0.29) is 24.0 Å². The van der Waals surface area contributed by atoms with Gasteiger partial charge in [0.15, 0.2) is 5.96 Å². The quantitative estimate of drug-likeness (QED) is 0.302. The van der Waals surface area contributed by atoms with Crippen LogP contribution >= 0.6 is 24.0 Å². The average molecular weight is 405 g/mol. The lowest BCUT2D eigenvalue weighted by Crippen LogP contribution is -2.38. The molecule has 21 heavy (non-hydrogen) atoms. The molecule has 2 N–H and O–H groups in total. The Kier molecular flexibility index (Phi) is 12.1. The van der Waals surface area contributed by atoms with Crippen molar-refractivity contribution in [3.05, 3.63) is 29.8 Å². The number of nitrogens with zero attached hydrogens (tertiary/aromatic N) is 1. The fraction of sp³-hybridized carbons (Fsp3) is 0.562. The minimum atomic E-state index is 0. The van der Waals surface area contributed by atoms with E-state index in [9.17, 15) is 0 Å². The number of methoxy groups -OCH3 is 1. The number of hydrogen-bond acceptors (Lipinski definition) is 2. The molecule has 4 nitrogen and oxygen atoms in total. The van der Waals surface area contributed by atoms with Crippen molar-refractivity contribution in [2.24, 2.45) is 4.99 Å². The second kappa shape index (κ2) is 12.7. The first-order chi connectivity index (χ1) is 9.80. The van der Waals surface area contributed by atoms with Crippen molar-refractivity contribution in [3.63, 3.8) is 0 Å². The van der Waals surface area contributed by atoms with Crippen molar-refractivity contribution in [1.82, 2.24) is 10.6 Å². The van der Waals surface area contributed by atoms with Crippen LogP contribution < -0.4 is 15.4 Å². The topological polar surface area (TPSA) is 45.7 Å². The van der Waals surface area contributed by atoms with Gasteiger partial charge in [0.1, 0.15) is 5.75 Å². The van der Waals surface area contributed by atoms with Gasteiger partial charge < -0.3 is 15.4 Å².